The molecule has 0 saturated carbocycles. The van der Waals surface area contributed by atoms with E-state index in [9.17, 15) is 9.59 Å². The first-order chi connectivity index (χ1) is 11.7. The number of nitrogens with zero attached hydrogens (tertiary/aromatic N) is 2. The largest absolute Gasteiger partial charge is 0.383 e. The summed E-state index contributed by atoms with van der Waals surface area (Å²) in [4.78, 5) is 24.0. The molecule has 0 radical (unpaired) electrons. The van der Waals surface area contributed by atoms with E-state index in [4.69, 9.17) is 4.74 Å². The van der Waals surface area contributed by atoms with Crippen molar-refractivity contribution < 1.29 is 9.53 Å². The molecule has 0 fully saturated rings. The first-order valence-electron chi connectivity index (χ1n) is 8.06. The minimum atomic E-state index is -0.282. The maximum atomic E-state index is 12.3. The lowest BCUT2D eigenvalue weighted by Gasteiger charge is -2.16. The molecule has 1 amide bonds. The number of amides is 1. The predicted octanol–water partition coefficient (Wildman–Crippen LogP) is 1.81. The summed E-state index contributed by atoms with van der Waals surface area (Å²) >= 11 is 0. The number of rotatable bonds is 8. The number of benzene rings is 1. The predicted molar refractivity (Wildman–Crippen MR) is 92.2 cm³/mol. The van der Waals surface area contributed by atoms with E-state index in [0.29, 0.717) is 19.7 Å². The molecule has 2 rings (SSSR count). The van der Waals surface area contributed by atoms with Gasteiger partial charge in [0.15, 0.2) is 0 Å². The Morgan fingerprint density at radius 2 is 2.00 bits per heavy atom. The van der Waals surface area contributed by atoms with Gasteiger partial charge >= 0.3 is 0 Å². The summed E-state index contributed by atoms with van der Waals surface area (Å²) in [6.45, 7) is 3.30. The molecule has 1 N–H and O–H groups in total. The van der Waals surface area contributed by atoms with Gasteiger partial charge in [-0.1, -0.05) is 37.3 Å². The Hall–Kier alpha value is -2.47. The summed E-state index contributed by atoms with van der Waals surface area (Å²) in [5.41, 5.74) is 1.17. The number of nitrogens with one attached hydrogen (secondary N) is 1. The maximum Gasteiger partial charge on any atom is 0.271 e. The van der Waals surface area contributed by atoms with Gasteiger partial charge in [-0.2, -0.15) is 5.10 Å². The molecule has 24 heavy (non-hydrogen) atoms. The molecule has 0 aliphatic carbocycles. The highest BCUT2D eigenvalue weighted by molar-refractivity contribution is 5.92. The molecular formula is C18H23N3O3. The van der Waals surface area contributed by atoms with Crippen LogP contribution in [0.15, 0.2) is 47.3 Å². The number of carbonyl (C=O) groups is 1. The average molecular weight is 329 g/mol. The summed E-state index contributed by atoms with van der Waals surface area (Å²) in [5, 5.41) is 7.00. The zero-order valence-electron chi connectivity index (χ0n) is 14.1. The third kappa shape index (κ3) is 4.76. The average Bonchev–Trinajstić information content (AvgIpc) is 2.62. The summed E-state index contributed by atoms with van der Waals surface area (Å²) in [6, 6.07) is 12.9. The van der Waals surface area contributed by atoms with Crippen LogP contribution in [0, 0.1) is 0 Å². The van der Waals surface area contributed by atoms with Crippen LogP contribution in [0.2, 0.25) is 0 Å². The number of ether oxygens (including phenoxy) is 1. The molecule has 1 unspecified atom stereocenters. The van der Waals surface area contributed by atoms with Gasteiger partial charge in [-0.3, -0.25) is 9.59 Å². The molecule has 0 aliphatic rings. The summed E-state index contributed by atoms with van der Waals surface area (Å²) < 4.78 is 6.19. The Morgan fingerprint density at radius 3 is 2.67 bits per heavy atom. The minimum absolute atomic E-state index is 0.230. The van der Waals surface area contributed by atoms with Crippen molar-refractivity contribution in [3.63, 3.8) is 0 Å². The fraction of sp³-hybridized carbons (Fsp3) is 0.389. The standard InChI is InChI=1S/C18H23N3O3/c1-3-14(15-7-5-4-6-8-15)13-19-18(23)16-9-10-17(22)21(20-16)11-12-24-2/h4-10,14H,3,11-13H2,1-2H3,(H,19,23). The van der Waals surface area contributed by atoms with Crippen molar-refractivity contribution in [2.75, 3.05) is 20.3 Å². The van der Waals surface area contributed by atoms with Gasteiger partial charge < -0.3 is 10.1 Å². The molecule has 6 heteroatoms. The maximum absolute atomic E-state index is 12.3. The summed E-state index contributed by atoms with van der Waals surface area (Å²) in [6.07, 6.45) is 0.922. The Kier molecular flexibility index (Phi) is 6.69. The highest BCUT2D eigenvalue weighted by Gasteiger charge is 2.13. The lowest BCUT2D eigenvalue weighted by Crippen LogP contribution is -2.32. The number of hydrogen-bond donors (Lipinski definition) is 1. The second kappa shape index (κ2) is 8.98. The lowest BCUT2D eigenvalue weighted by atomic mass is 9.96. The van der Waals surface area contributed by atoms with E-state index in [1.165, 1.54) is 22.4 Å². The summed E-state index contributed by atoms with van der Waals surface area (Å²) in [5.74, 6) is -0.0369. The van der Waals surface area contributed by atoms with Crippen molar-refractivity contribution >= 4 is 5.91 Å². The molecule has 128 valence electrons. The fourth-order valence-corrected chi connectivity index (χ4v) is 2.44. The van der Waals surface area contributed by atoms with E-state index in [2.05, 4.69) is 29.5 Å². The highest BCUT2D eigenvalue weighted by Crippen LogP contribution is 2.17. The zero-order valence-corrected chi connectivity index (χ0v) is 14.1. The van der Waals surface area contributed by atoms with Gasteiger partial charge in [0, 0.05) is 25.6 Å². The van der Waals surface area contributed by atoms with Gasteiger partial charge in [-0.15, -0.1) is 0 Å². The number of hydrogen-bond acceptors (Lipinski definition) is 4. The molecular weight excluding hydrogens is 306 g/mol. The topological polar surface area (TPSA) is 73.2 Å². The number of aromatic nitrogens is 2. The smallest absolute Gasteiger partial charge is 0.271 e. The first-order valence-corrected chi connectivity index (χ1v) is 8.06. The lowest BCUT2D eigenvalue weighted by molar-refractivity contribution is 0.0942. The van der Waals surface area contributed by atoms with Crippen LogP contribution in [0.25, 0.3) is 0 Å². The molecule has 6 nitrogen and oxygen atoms in total. The molecule has 0 saturated heterocycles. The van der Waals surface area contributed by atoms with Gasteiger partial charge in [-0.05, 0) is 18.1 Å². The quantitative estimate of drug-likeness (QED) is 0.802. The van der Waals surface area contributed by atoms with Crippen molar-refractivity contribution in [3.05, 3.63) is 64.1 Å². The van der Waals surface area contributed by atoms with Crippen LogP contribution in [-0.2, 0) is 11.3 Å². The van der Waals surface area contributed by atoms with Crippen LogP contribution < -0.4 is 10.9 Å². The van der Waals surface area contributed by atoms with Gasteiger partial charge in [0.25, 0.3) is 11.5 Å². The molecule has 1 aromatic carbocycles. The van der Waals surface area contributed by atoms with E-state index >= 15 is 0 Å². The molecule has 0 aliphatic heterocycles. The second-order valence-electron chi connectivity index (χ2n) is 5.50. The SMILES string of the molecule is CCC(CNC(=O)c1ccc(=O)n(CCOC)n1)c1ccccc1. The Balaban J connectivity index is 2.02. The van der Waals surface area contributed by atoms with Crippen LogP contribution in [0.5, 0.6) is 0 Å². The van der Waals surface area contributed by atoms with E-state index in [1.54, 1.807) is 7.11 Å². The van der Waals surface area contributed by atoms with Crippen LogP contribution in [0.1, 0.15) is 35.3 Å². The molecule has 0 bridgehead atoms. The fourth-order valence-electron chi connectivity index (χ4n) is 2.44. The normalized spacial score (nSPS) is 11.9. The van der Waals surface area contributed by atoms with Gasteiger partial charge in [-0.25, -0.2) is 4.68 Å². The van der Waals surface area contributed by atoms with Crippen molar-refractivity contribution in [1.29, 1.82) is 0 Å². The van der Waals surface area contributed by atoms with Crippen LogP contribution in [0.3, 0.4) is 0 Å². The Labute approximate surface area is 141 Å². The van der Waals surface area contributed by atoms with Gasteiger partial charge in [0.2, 0.25) is 0 Å². The van der Waals surface area contributed by atoms with Crippen LogP contribution in [-0.4, -0.2) is 35.9 Å². The number of methoxy groups -OCH3 is 1. The summed E-state index contributed by atoms with van der Waals surface area (Å²) in [7, 11) is 1.55. The molecule has 2 aromatic rings. The van der Waals surface area contributed by atoms with Gasteiger partial charge in [0.05, 0.1) is 13.2 Å². The molecule has 1 atom stereocenters. The van der Waals surface area contributed by atoms with E-state index in [-0.39, 0.29) is 23.1 Å². The van der Waals surface area contributed by atoms with Crippen molar-refractivity contribution in [3.8, 4) is 0 Å². The zero-order chi connectivity index (χ0) is 17.4. The highest BCUT2D eigenvalue weighted by atomic mass is 16.5. The van der Waals surface area contributed by atoms with Crippen molar-refractivity contribution in [1.82, 2.24) is 15.1 Å². The Bertz CT molecular complexity index is 713. The van der Waals surface area contributed by atoms with Crippen LogP contribution >= 0.6 is 0 Å². The second-order valence-corrected chi connectivity index (χ2v) is 5.50. The third-order valence-corrected chi connectivity index (χ3v) is 3.88. The third-order valence-electron chi connectivity index (χ3n) is 3.88. The molecule has 0 spiro atoms. The molecule has 1 aromatic heterocycles. The minimum Gasteiger partial charge on any atom is -0.383 e. The van der Waals surface area contributed by atoms with E-state index in [0.717, 1.165) is 6.42 Å². The monoisotopic (exact) mass is 329 g/mol. The number of carbonyl (C=O) groups excluding carboxylic acids is 1. The van der Waals surface area contributed by atoms with Crippen LogP contribution in [0.4, 0.5) is 0 Å². The first kappa shape index (κ1) is 17.9. The van der Waals surface area contributed by atoms with E-state index < -0.39 is 0 Å². The Morgan fingerprint density at radius 1 is 1.25 bits per heavy atom. The van der Waals surface area contributed by atoms with Crippen molar-refractivity contribution in [2.45, 2.75) is 25.8 Å². The van der Waals surface area contributed by atoms with E-state index in [1.807, 2.05) is 18.2 Å². The van der Waals surface area contributed by atoms with Crippen molar-refractivity contribution in [2.24, 2.45) is 0 Å². The van der Waals surface area contributed by atoms with Gasteiger partial charge in [0.1, 0.15) is 5.69 Å². The molecule has 1 heterocycles.